The third-order valence-electron chi connectivity index (χ3n) is 2.84. The molecule has 0 aliphatic rings. The summed E-state index contributed by atoms with van der Waals surface area (Å²) in [6, 6.07) is 8.04. The van der Waals surface area contributed by atoms with Crippen LogP contribution in [0.3, 0.4) is 0 Å². The molecule has 1 rings (SSSR count). The van der Waals surface area contributed by atoms with Gasteiger partial charge in [0.05, 0.1) is 0 Å². The van der Waals surface area contributed by atoms with Crippen molar-refractivity contribution < 1.29 is 4.79 Å². The summed E-state index contributed by atoms with van der Waals surface area (Å²) in [5.41, 5.74) is 7.60. The summed E-state index contributed by atoms with van der Waals surface area (Å²) in [6.07, 6.45) is 3.51. The molecular weight excluding hydrogens is 212 g/mol. The van der Waals surface area contributed by atoms with E-state index in [0.29, 0.717) is 6.54 Å². The fourth-order valence-corrected chi connectivity index (χ4v) is 1.51. The molecule has 1 aromatic rings. The number of amides is 1. The molecule has 1 atom stereocenters. The minimum absolute atomic E-state index is 0.0196. The van der Waals surface area contributed by atoms with Crippen molar-refractivity contribution in [2.75, 3.05) is 11.9 Å². The van der Waals surface area contributed by atoms with Crippen molar-refractivity contribution in [3.63, 3.8) is 0 Å². The van der Waals surface area contributed by atoms with E-state index in [1.807, 2.05) is 19.1 Å². The van der Waals surface area contributed by atoms with Crippen LogP contribution in [0, 0.1) is 5.92 Å². The van der Waals surface area contributed by atoms with Crippen molar-refractivity contribution in [2.24, 2.45) is 11.7 Å². The maximum atomic E-state index is 11.6. The number of unbranched alkanes of at least 4 members (excludes halogenated alkanes) is 1. The van der Waals surface area contributed by atoms with Crippen LogP contribution >= 0.6 is 0 Å². The number of rotatable bonds is 6. The highest BCUT2D eigenvalue weighted by molar-refractivity contribution is 5.92. The van der Waals surface area contributed by atoms with Gasteiger partial charge >= 0.3 is 0 Å². The first kappa shape index (κ1) is 13.7. The number of carbonyl (C=O) groups excluding carboxylic acids is 1. The molecule has 0 saturated carbocycles. The smallest absolute Gasteiger partial charge is 0.228 e. The zero-order valence-corrected chi connectivity index (χ0v) is 10.7. The van der Waals surface area contributed by atoms with Crippen molar-refractivity contribution in [1.82, 2.24) is 0 Å². The van der Waals surface area contributed by atoms with Gasteiger partial charge in [-0.15, -0.1) is 0 Å². The topological polar surface area (TPSA) is 55.1 Å². The molecule has 0 saturated heterocycles. The molecule has 0 fully saturated rings. The Hall–Kier alpha value is -1.35. The zero-order chi connectivity index (χ0) is 12.7. The third kappa shape index (κ3) is 4.57. The predicted molar refractivity (Wildman–Crippen MR) is 71.9 cm³/mol. The summed E-state index contributed by atoms with van der Waals surface area (Å²) in [7, 11) is 0. The lowest BCUT2D eigenvalue weighted by Gasteiger charge is -2.10. The normalized spacial score (nSPS) is 12.2. The van der Waals surface area contributed by atoms with Crippen molar-refractivity contribution in [1.29, 1.82) is 0 Å². The first-order valence-electron chi connectivity index (χ1n) is 6.27. The number of benzene rings is 1. The molecule has 1 unspecified atom stereocenters. The first-order chi connectivity index (χ1) is 8.17. The molecule has 0 aliphatic carbocycles. The van der Waals surface area contributed by atoms with Gasteiger partial charge in [-0.3, -0.25) is 4.79 Å². The average Bonchev–Trinajstić information content (AvgIpc) is 2.37. The predicted octanol–water partition coefficient (Wildman–Crippen LogP) is 2.56. The summed E-state index contributed by atoms with van der Waals surface area (Å²) >= 11 is 0. The second kappa shape index (κ2) is 7.07. The molecule has 3 N–H and O–H groups in total. The van der Waals surface area contributed by atoms with E-state index in [9.17, 15) is 4.79 Å². The number of aryl methyl sites for hydroxylation is 1. The van der Waals surface area contributed by atoms with E-state index in [0.717, 1.165) is 12.1 Å². The molecule has 0 heterocycles. The highest BCUT2D eigenvalue weighted by Gasteiger charge is 2.10. The number of hydrogen-bond acceptors (Lipinski definition) is 2. The maximum Gasteiger partial charge on any atom is 0.228 e. The summed E-state index contributed by atoms with van der Waals surface area (Å²) in [5, 5.41) is 2.86. The fourth-order valence-electron chi connectivity index (χ4n) is 1.51. The molecule has 0 aliphatic heterocycles. The van der Waals surface area contributed by atoms with Gasteiger partial charge in [0.15, 0.2) is 0 Å². The van der Waals surface area contributed by atoms with Crippen LogP contribution in [0.4, 0.5) is 5.69 Å². The molecule has 0 aromatic heterocycles. The minimum atomic E-state index is -0.144. The summed E-state index contributed by atoms with van der Waals surface area (Å²) in [6.45, 7) is 4.38. The van der Waals surface area contributed by atoms with Crippen LogP contribution in [0.15, 0.2) is 24.3 Å². The molecule has 17 heavy (non-hydrogen) atoms. The second-order valence-electron chi connectivity index (χ2n) is 4.43. The van der Waals surface area contributed by atoms with Gasteiger partial charge < -0.3 is 11.1 Å². The van der Waals surface area contributed by atoms with E-state index < -0.39 is 0 Å². The Morgan fingerprint density at radius 1 is 1.35 bits per heavy atom. The number of carbonyl (C=O) groups is 1. The van der Waals surface area contributed by atoms with Gasteiger partial charge in [0.25, 0.3) is 0 Å². The van der Waals surface area contributed by atoms with Crippen LogP contribution in [0.5, 0.6) is 0 Å². The van der Waals surface area contributed by atoms with E-state index in [4.69, 9.17) is 5.73 Å². The Bertz CT molecular complexity index is 346. The van der Waals surface area contributed by atoms with Crippen LogP contribution in [0.2, 0.25) is 0 Å². The van der Waals surface area contributed by atoms with Crippen LogP contribution in [0.25, 0.3) is 0 Å². The highest BCUT2D eigenvalue weighted by atomic mass is 16.1. The molecule has 3 nitrogen and oxygen atoms in total. The lowest BCUT2D eigenvalue weighted by Crippen LogP contribution is -2.26. The first-order valence-corrected chi connectivity index (χ1v) is 6.27. The monoisotopic (exact) mass is 234 g/mol. The van der Waals surface area contributed by atoms with Gasteiger partial charge in [-0.05, 0) is 30.5 Å². The Morgan fingerprint density at radius 3 is 2.53 bits per heavy atom. The Labute approximate surface area is 103 Å². The Kier molecular flexibility index (Phi) is 5.70. The van der Waals surface area contributed by atoms with Crippen molar-refractivity contribution in [3.8, 4) is 0 Å². The quantitative estimate of drug-likeness (QED) is 0.794. The van der Waals surface area contributed by atoms with Gasteiger partial charge in [-0.1, -0.05) is 32.4 Å². The minimum Gasteiger partial charge on any atom is -0.330 e. The van der Waals surface area contributed by atoms with Crippen LogP contribution in [-0.4, -0.2) is 12.5 Å². The second-order valence-corrected chi connectivity index (χ2v) is 4.43. The zero-order valence-electron chi connectivity index (χ0n) is 10.7. The molecule has 3 heteroatoms. The van der Waals surface area contributed by atoms with E-state index in [2.05, 4.69) is 24.4 Å². The summed E-state index contributed by atoms with van der Waals surface area (Å²) < 4.78 is 0. The standard InChI is InChI=1S/C14H22N2O/c1-3-4-5-12-6-8-13(9-7-12)16-14(17)11(2)10-15/h6-9,11H,3-5,10,15H2,1-2H3,(H,16,17). The summed E-state index contributed by atoms with van der Waals surface area (Å²) in [4.78, 5) is 11.6. The third-order valence-corrected chi connectivity index (χ3v) is 2.84. The number of hydrogen-bond donors (Lipinski definition) is 2. The Morgan fingerprint density at radius 2 is 2.00 bits per heavy atom. The van der Waals surface area contributed by atoms with Gasteiger partial charge in [0.1, 0.15) is 0 Å². The fraction of sp³-hybridized carbons (Fsp3) is 0.500. The van der Waals surface area contributed by atoms with E-state index in [1.54, 1.807) is 0 Å². The molecule has 0 bridgehead atoms. The van der Waals surface area contributed by atoms with E-state index >= 15 is 0 Å². The number of nitrogens with two attached hydrogens (primary N) is 1. The molecule has 1 amide bonds. The SMILES string of the molecule is CCCCc1ccc(NC(=O)C(C)CN)cc1. The lowest BCUT2D eigenvalue weighted by molar-refractivity contribution is -0.119. The van der Waals surface area contributed by atoms with Gasteiger partial charge in [0.2, 0.25) is 5.91 Å². The average molecular weight is 234 g/mol. The maximum absolute atomic E-state index is 11.6. The van der Waals surface area contributed by atoms with E-state index in [1.165, 1.54) is 18.4 Å². The van der Waals surface area contributed by atoms with Crippen LogP contribution in [0.1, 0.15) is 32.3 Å². The largest absolute Gasteiger partial charge is 0.330 e. The number of nitrogens with one attached hydrogen (secondary N) is 1. The van der Waals surface area contributed by atoms with Crippen LogP contribution in [-0.2, 0) is 11.2 Å². The molecule has 0 spiro atoms. The van der Waals surface area contributed by atoms with Gasteiger partial charge in [-0.25, -0.2) is 0 Å². The van der Waals surface area contributed by atoms with Crippen molar-refractivity contribution in [3.05, 3.63) is 29.8 Å². The van der Waals surface area contributed by atoms with Crippen LogP contribution < -0.4 is 11.1 Å². The molecule has 94 valence electrons. The Balaban J connectivity index is 2.53. The molecular formula is C14H22N2O. The highest BCUT2D eigenvalue weighted by Crippen LogP contribution is 2.12. The molecule has 1 aromatic carbocycles. The van der Waals surface area contributed by atoms with Crippen molar-refractivity contribution >= 4 is 11.6 Å². The van der Waals surface area contributed by atoms with Crippen molar-refractivity contribution in [2.45, 2.75) is 33.1 Å². The van der Waals surface area contributed by atoms with Gasteiger partial charge in [-0.2, -0.15) is 0 Å². The summed E-state index contributed by atoms with van der Waals surface area (Å²) in [5.74, 6) is -0.163. The number of anilines is 1. The lowest BCUT2D eigenvalue weighted by atomic mass is 10.1. The van der Waals surface area contributed by atoms with E-state index in [-0.39, 0.29) is 11.8 Å². The molecule has 0 radical (unpaired) electrons. The van der Waals surface area contributed by atoms with Gasteiger partial charge in [0, 0.05) is 18.2 Å².